The zero-order chi connectivity index (χ0) is 11.3. The van der Waals surface area contributed by atoms with Crippen LogP contribution in [0.15, 0.2) is 30.3 Å². The average Bonchev–Trinajstić information content (AvgIpc) is 2.26. The topological polar surface area (TPSA) is 52.6 Å². The Bertz CT molecular complexity index is 350. The van der Waals surface area contributed by atoms with Gasteiger partial charge in [0.05, 0.1) is 9.47 Å². The van der Waals surface area contributed by atoms with E-state index in [-0.39, 0.29) is 0 Å². The van der Waals surface area contributed by atoms with Crippen LogP contribution in [0.2, 0.25) is 0 Å². The molecule has 0 fully saturated rings. The molecule has 0 saturated carbocycles. The van der Waals surface area contributed by atoms with Crippen molar-refractivity contribution in [3.8, 4) is 0 Å². The molecule has 0 amide bonds. The largest absolute Gasteiger partial charge is 0.449 e. The molecule has 0 heterocycles. The van der Waals surface area contributed by atoms with Crippen molar-refractivity contribution in [2.75, 3.05) is 0 Å². The summed E-state index contributed by atoms with van der Waals surface area (Å²) < 4.78 is 9.33. The lowest BCUT2D eigenvalue weighted by molar-refractivity contribution is -0.160. The Hall–Kier alpha value is -1.41. The maximum atomic E-state index is 11.3. The molecule has 0 N–H and O–H groups in total. The SMILES string of the molecule is CC(=O)O[C@H](C(=O)OP)c1ccccc1. The maximum Gasteiger partial charge on any atom is 0.354 e. The molecule has 0 aromatic heterocycles. The molecule has 2 atom stereocenters. The number of ether oxygens (including phenoxy) is 1. The third-order valence-electron chi connectivity index (χ3n) is 1.72. The molecule has 15 heavy (non-hydrogen) atoms. The van der Waals surface area contributed by atoms with Crippen LogP contribution in [0.4, 0.5) is 0 Å². The summed E-state index contributed by atoms with van der Waals surface area (Å²) in [6, 6.07) is 8.69. The Morgan fingerprint density at radius 1 is 1.27 bits per heavy atom. The van der Waals surface area contributed by atoms with Crippen molar-refractivity contribution >= 4 is 21.4 Å². The predicted octanol–water partition coefficient (Wildman–Crippen LogP) is 1.62. The van der Waals surface area contributed by atoms with Gasteiger partial charge in [-0.05, 0) is 0 Å². The van der Waals surface area contributed by atoms with Crippen LogP contribution in [0.25, 0.3) is 0 Å². The lowest BCUT2D eigenvalue weighted by Gasteiger charge is -2.14. The van der Waals surface area contributed by atoms with Crippen molar-refractivity contribution in [3.05, 3.63) is 35.9 Å². The van der Waals surface area contributed by atoms with Crippen LogP contribution in [0.3, 0.4) is 0 Å². The van der Waals surface area contributed by atoms with E-state index in [1.165, 1.54) is 6.92 Å². The molecule has 0 spiro atoms. The lowest BCUT2D eigenvalue weighted by atomic mass is 10.1. The molecule has 80 valence electrons. The van der Waals surface area contributed by atoms with Gasteiger partial charge in [0, 0.05) is 12.5 Å². The fourth-order valence-corrected chi connectivity index (χ4v) is 1.23. The van der Waals surface area contributed by atoms with Crippen molar-refractivity contribution in [2.24, 2.45) is 0 Å². The molecule has 1 aromatic rings. The minimum Gasteiger partial charge on any atom is -0.449 e. The number of carbonyl (C=O) groups is 2. The summed E-state index contributed by atoms with van der Waals surface area (Å²) in [4.78, 5) is 22.1. The zero-order valence-electron chi connectivity index (χ0n) is 8.17. The van der Waals surface area contributed by atoms with E-state index in [0.717, 1.165) is 0 Å². The number of hydrogen-bond acceptors (Lipinski definition) is 4. The van der Waals surface area contributed by atoms with Crippen molar-refractivity contribution in [2.45, 2.75) is 13.0 Å². The first-order valence-corrected chi connectivity index (χ1v) is 4.75. The lowest BCUT2D eigenvalue weighted by Crippen LogP contribution is -2.18. The third kappa shape index (κ3) is 3.33. The summed E-state index contributed by atoms with van der Waals surface area (Å²) >= 11 is 0. The van der Waals surface area contributed by atoms with E-state index in [1.807, 2.05) is 9.47 Å². The van der Waals surface area contributed by atoms with Crippen molar-refractivity contribution < 1.29 is 18.8 Å². The first-order valence-electron chi connectivity index (χ1n) is 4.28. The van der Waals surface area contributed by atoms with Gasteiger partial charge >= 0.3 is 11.9 Å². The third-order valence-corrected chi connectivity index (χ3v) is 1.95. The van der Waals surface area contributed by atoms with Gasteiger partial charge in [-0.3, -0.25) is 4.79 Å². The van der Waals surface area contributed by atoms with Gasteiger partial charge in [0.25, 0.3) is 0 Å². The Morgan fingerprint density at radius 2 is 1.87 bits per heavy atom. The summed E-state index contributed by atoms with van der Waals surface area (Å²) in [5, 5.41) is 0. The smallest absolute Gasteiger partial charge is 0.354 e. The molecule has 0 aliphatic carbocycles. The molecule has 0 bridgehead atoms. The molecule has 1 aromatic carbocycles. The molecule has 0 aliphatic rings. The highest BCUT2D eigenvalue weighted by molar-refractivity contribution is 7.10. The van der Waals surface area contributed by atoms with Crippen LogP contribution >= 0.6 is 9.47 Å². The first-order chi connectivity index (χ1) is 7.15. The van der Waals surface area contributed by atoms with E-state index >= 15 is 0 Å². The van der Waals surface area contributed by atoms with Gasteiger partial charge in [-0.15, -0.1) is 0 Å². The van der Waals surface area contributed by atoms with Crippen LogP contribution in [0, 0.1) is 0 Å². The summed E-state index contributed by atoms with van der Waals surface area (Å²) in [5.74, 6) is -1.15. The number of rotatable bonds is 3. The summed E-state index contributed by atoms with van der Waals surface area (Å²) in [5.41, 5.74) is 0.583. The van der Waals surface area contributed by atoms with Gasteiger partial charge in [-0.2, -0.15) is 0 Å². The van der Waals surface area contributed by atoms with Gasteiger partial charge in [0.15, 0.2) is 0 Å². The summed E-state index contributed by atoms with van der Waals surface area (Å²) in [7, 11) is 1.83. The van der Waals surface area contributed by atoms with E-state index in [0.29, 0.717) is 5.56 Å². The van der Waals surface area contributed by atoms with E-state index in [1.54, 1.807) is 30.3 Å². The highest BCUT2D eigenvalue weighted by Crippen LogP contribution is 2.19. The fourth-order valence-electron chi connectivity index (χ4n) is 1.11. The Morgan fingerprint density at radius 3 is 2.33 bits per heavy atom. The number of carbonyl (C=O) groups excluding carboxylic acids is 2. The van der Waals surface area contributed by atoms with E-state index in [4.69, 9.17) is 4.74 Å². The molecule has 5 heteroatoms. The van der Waals surface area contributed by atoms with Crippen LogP contribution < -0.4 is 0 Å². The molecular weight excluding hydrogens is 215 g/mol. The average molecular weight is 226 g/mol. The zero-order valence-corrected chi connectivity index (χ0v) is 9.33. The maximum absolute atomic E-state index is 11.3. The summed E-state index contributed by atoms with van der Waals surface area (Å²) in [6.45, 7) is 1.24. The monoisotopic (exact) mass is 226 g/mol. The van der Waals surface area contributed by atoms with E-state index < -0.39 is 18.0 Å². The second-order valence-electron chi connectivity index (χ2n) is 2.84. The van der Waals surface area contributed by atoms with Gasteiger partial charge in [-0.25, -0.2) is 4.79 Å². The molecule has 4 nitrogen and oxygen atoms in total. The normalized spacial score (nSPS) is 11.6. The highest BCUT2D eigenvalue weighted by Gasteiger charge is 2.24. The van der Waals surface area contributed by atoms with Crippen molar-refractivity contribution in [3.63, 3.8) is 0 Å². The second kappa shape index (κ2) is 5.47. The quantitative estimate of drug-likeness (QED) is 0.580. The molecule has 1 unspecified atom stereocenters. The molecule has 0 radical (unpaired) electrons. The van der Waals surface area contributed by atoms with Crippen LogP contribution in [-0.2, 0) is 18.8 Å². The molecular formula is C10H11O4P. The van der Waals surface area contributed by atoms with Gasteiger partial charge in [0.1, 0.15) is 0 Å². The van der Waals surface area contributed by atoms with Crippen LogP contribution in [-0.4, -0.2) is 11.9 Å². The van der Waals surface area contributed by atoms with E-state index in [2.05, 4.69) is 4.52 Å². The predicted molar refractivity (Wildman–Crippen MR) is 56.8 cm³/mol. The summed E-state index contributed by atoms with van der Waals surface area (Å²) in [6.07, 6.45) is -0.999. The van der Waals surface area contributed by atoms with Crippen molar-refractivity contribution in [1.29, 1.82) is 0 Å². The molecule has 1 rings (SSSR count). The Balaban J connectivity index is 2.91. The van der Waals surface area contributed by atoms with E-state index in [9.17, 15) is 9.59 Å². The van der Waals surface area contributed by atoms with Gasteiger partial charge in [0.2, 0.25) is 6.10 Å². The fraction of sp³-hybridized carbons (Fsp3) is 0.200. The van der Waals surface area contributed by atoms with Gasteiger partial charge in [-0.1, -0.05) is 30.3 Å². The molecule has 0 aliphatic heterocycles. The highest BCUT2D eigenvalue weighted by atomic mass is 31.0. The molecule has 0 saturated heterocycles. The number of benzene rings is 1. The minimum atomic E-state index is -0.999. The van der Waals surface area contributed by atoms with Crippen LogP contribution in [0.5, 0.6) is 0 Å². The van der Waals surface area contributed by atoms with Gasteiger partial charge < -0.3 is 9.26 Å². The Labute approximate surface area is 89.9 Å². The number of esters is 1. The number of hydrogen-bond donors (Lipinski definition) is 0. The van der Waals surface area contributed by atoms with Crippen LogP contribution in [0.1, 0.15) is 18.6 Å². The standard InChI is InChI=1S/C10H11O4P/c1-7(11)13-9(10(12)14-15)8-5-3-2-4-6-8/h2-6,9H,15H2,1H3/t9-/m0/s1. The minimum absolute atomic E-state index is 0.528. The van der Waals surface area contributed by atoms with Crippen molar-refractivity contribution in [1.82, 2.24) is 0 Å². The second-order valence-corrected chi connectivity index (χ2v) is 3.07. The first kappa shape index (κ1) is 11.7. The Kier molecular flexibility index (Phi) is 4.25.